The quantitative estimate of drug-likeness (QED) is 0.752. The molecule has 2 unspecified atom stereocenters. The zero-order chi connectivity index (χ0) is 13.0. The fraction of sp³-hybridized carbons (Fsp3) is 0.500. The lowest BCUT2D eigenvalue weighted by Crippen LogP contribution is -2.39. The van der Waals surface area contributed by atoms with Gasteiger partial charge >= 0.3 is 0 Å². The van der Waals surface area contributed by atoms with Gasteiger partial charge < -0.3 is 16.2 Å². The summed E-state index contributed by atoms with van der Waals surface area (Å²) in [5, 5.41) is 12.5. The van der Waals surface area contributed by atoms with Gasteiger partial charge in [-0.3, -0.25) is 4.79 Å². The van der Waals surface area contributed by atoms with Crippen LogP contribution < -0.4 is 11.1 Å². The van der Waals surface area contributed by atoms with Crippen LogP contribution in [0.4, 0.5) is 0 Å². The molecule has 2 atom stereocenters. The summed E-state index contributed by atoms with van der Waals surface area (Å²) in [6.45, 7) is 0.483. The second-order valence-corrected chi connectivity index (χ2v) is 4.89. The molecule has 0 aromatic heterocycles. The zero-order valence-corrected chi connectivity index (χ0v) is 10.4. The van der Waals surface area contributed by atoms with Crippen molar-refractivity contribution in [1.82, 2.24) is 5.32 Å². The highest BCUT2D eigenvalue weighted by atomic mass is 16.3. The van der Waals surface area contributed by atoms with E-state index in [1.165, 1.54) is 0 Å². The van der Waals surface area contributed by atoms with E-state index in [0.29, 0.717) is 18.5 Å². The Morgan fingerprint density at radius 1 is 1.33 bits per heavy atom. The molecule has 0 spiro atoms. The SMILES string of the molecule is NCc1ccc(C(=O)NC2CCCC(O)C2)cc1. The average Bonchev–Trinajstić information content (AvgIpc) is 2.39. The summed E-state index contributed by atoms with van der Waals surface area (Å²) >= 11 is 0. The maximum Gasteiger partial charge on any atom is 0.251 e. The third-order valence-corrected chi connectivity index (χ3v) is 3.43. The first-order valence-corrected chi connectivity index (χ1v) is 6.47. The molecule has 0 heterocycles. The van der Waals surface area contributed by atoms with Gasteiger partial charge in [0.25, 0.3) is 5.91 Å². The largest absolute Gasteiger partial charge is 0.393 e. The molecule has 1 fully saturated rings. The summed E-state index contributed by atoms with van der Waals surface area (Å²) in [6, 6.07) is 7.40. The highest BCUT2D eigenvalue weighted by Gasteiger charge is 2.21. The minimum Gasteiger partial charge on any atom is -0.393 e. The van der Waals surface area contributed by atoms with Gasteiger partial charge in [0, 0.05) is 18.2 Å². The van der Waals surface area contributed by atoms with Gasteiger partial charge in [-0.25, -0.2) is 0 Å². The monoisotopic (exact) mass is 248 g/mol. The maximum absolute atomic E-state index is 12.0. The standard InChI is InChI=1S/C14H20N2O2/c15-9-10-4-6-11(7-5-10)14(18)16-12-2-1-3-13(17)8-12/h4-7,12-13,17H,1-3,8-9,15H2,(H,16,18). The molecular weight excluding hydrogens is 228 g/mol. The zero-order valence-electron chi connectivity index (χ0n) is 10.4. The average molecular weight is 248 g/mol. The van der Waals surface area contributed by atoms with E-state index in [4.69, 9.17) is 5.73 Å². The van der Waals surface area contributed by atoms with Gasteiger partial charge in [-0.2, -0.15) is 0 Å². The Bertz CT molecular complexity index is 403. The molecule has 4 N–H and O–H groups in total. The number of carbonyl (C=O) groups is 1. The van der Waals surface area contributed by atoms with Crippen LogP contribution in [0.3, 0.4) is 0 Å². The predicted molar refractivity (Wildman–Crippen MR) is 70.1 cm³/mol. The first kappa shape index (κ1) is 13.1. The summed E-state index contributed by atoms with van der Waals surface area (Å²) < 4.78 is 0. The van der Waals surface area contributed by atoms with Crippen molar-refractivity contribution in [2.45, 2.75) is 44.4 Å². The van der Waals surface area contributed by atoms with Crippen LogP contribution in [0.2, 0.25) is 0 Å². The highest BCUT2D eigenvalue weighted by molar-refractivity contribution is 5.94. The normalized spacial score (nSPS) is 23.7. The lowest BCUT2D eigenvalue weighted by molar-refractivity contribution is 0.0850. The Morgan fingerprint density at radius 3 is 2.67 bits per heavy atom. The van der Waals surface area contributed by atoms with E-state index < -0.39 is 0 Å². The third kappa shape index (κ3) is 3.31. The van der Waals surface area contributed by atoms with Crippen LogP contribution in [-0.4, -0.2) is 23.2 Å². The Labute approximate surface area is 107 Å². The number of rotatable bonds is 3. The Morgan fingerprint density at radius 2 is 2.06 bits per heavy atom. The van der Waals surface area contributed by atoms with Crippen molar-refractivity contribution >= 4 is 5.91 Å². The van der Waals surface area contributed by atoms with Crippen molar-refractivity contribution in [3.05, 3.63) is 35.4 Å². The fourth-order valence-corrected chi connectivity index (χ4v) is 2.36. The molecule has 0 bridgehead atoms. The van der Waals surface area contributed by atoms with E-state index in [1.54, 1.807) is 12.1 Å². The fourth-order valence-electron chi connectivity index (χ4n) is 2.36. The molecule has 4 heteroatoms. The van der Waals surface area contributed by atoms with Crippen molar-refractivity contribution < 1.29 is 9.90 Å². The van der Waals surface area contributed by atoms with Gasteiger partial charge in [-0.05, 0) is 43.4 Å². The summed E-state index contributed by atoms with van der Waals surface area (Å²) in [4.78, 5) is 12.0. The van der Waals surface area contributed by atoms with E-state index in [9.17, 15) is 9.90 Å². The number of carbonyl (C=O) groups excluding carboxylic acids is 1. The lowest BCUT2D eigenvalue weighted by Gasteiger charge is -2.26. The molecule has 2 rings (SSSR count). The van der Waals surface area contributed by atoms with Gasteiger partial charge in [0.2, 0.25) is 0 Å². The van der Waals surface area contributed by atoms with E-state index in [2.05, 4.69) is 5.32 Å². The molecule has 18 heavy (non-hydrogen) atoms. The molecule has 98 valence electrons. The number of hydrogen-bond donors (Lipinski definition) is 3. The van der Waals surface area contributed by atoms with E-state index in [-0.39, 0.29) is 18.1 Å². The molecule has 0 aliphatic heterocycles. The molecule has 1 aliphatic carbocycles. The Balaban J connectivity index is 1.94. The first-order chi connectivity index (χ1) is 8.69. The van der Waals surface area contributed by atoms with Crippen LogP contribution in [0.25, 0.3) is 0 Å². The van der Waals surface area contributed by atoms with E-state index >= 15 is 0 Å². The number of hydrogen-bond acceptors (Lipinski definition) is 3. The molecule has 0 radical (unpaired) electrons. The van der Waals surface area contributed by atoms with Gasteiger partial charge in [-0.1, -0.05) is 12.1 Å². The van der Waals surface area contributed by atoms with E-state index in [0.717, 1.165) is 24.8 Å². The van der Waals surface area contributed by atoms with Crippen LogP contribution in [-0.2, 0) is 6.54 Å². The smallest absolute Gasteiger partial charge is 0.251 e. The number of aliphatic hydroxyl groups is 1. The van der Waals surface area contributed by atoms with Crippen molar-refractivity contribution in [1.29, 1.82) is 0 Å². The molecule has 4 nitrogen and oxygen atoms in total. The number of nitrogens with one attached hydrogen (secondary N) is 1. The summed E-state index contributed by atoms with van der Waals surface area (Å²) in [6.07, 6.45) is 3.15. The van der Waals surface area contributed by atoms with Gasteiger partial charge in [-0.15, -0.1) is 0 Å². The molecule has 1 aromatic carbocycles. The Kier molecular flexibility index (Phi) is 4.33. The molecule has 1 aliphatic rings. The molecular formula is C14H20N2O2. The summed E-state index contributed by atoms with van der Waals surface area (Å²) in [7, 11) is 0. The van der Waals surface area contributed by atoms with Crippen LogP contribution >= 0.6 is 0 Å². The minimum atomic E-state index is -0.274. The predicted octanol–water partition coefficient (Wildman–Crippen LogP) is 1.18. The molecule has 1 aromatic rings. The van der Waals surface area contributed by atoms with Gasteiger partial charge in [0.15, 0.2) is 0 Å². The van der Waals surface area contributed by atoms with Crippen LogP contribution in [0.15, 0.2) is 24.3 Å². The number of nitrogens with two attached hydrogens (primary N) is 1. The molecule has 1 amide bonds. The lowest BCUT2D eigenvalue weighted by atomic mass is 9.93. The second-order valence-electron chi connectivity index (χ2n) is 4.89. The van der Waals surface area contributed by atoms with Crippen LogP contribution in [0, 0.1) is 0 Å². The summed E-state index contributed by atoms with van der Waals surface area (Å²) in [5.41, 5.74) is 7.17. The van der Waals surface area contributed by atoms with Crippen molar-refractivity contribution in [2.75, 3.05) is 0 Å². The van der Waals surface area contributed by atoms with Crippen molar-refractivity contribution in [3.63, 3.8) is 0 Å². The summed E-state index contributed by atoms with van der Waals surface area (Å²) in [5.74, 6) is -0.0716. The van der Waals surface area contributed by atoms with E-state index in [1.807, 2.05) is 12.1 Å². The number of amides is 1. The van der Waals surface area contributed by atoms with Crippen LogP contribution in [0.1, 0.15) is 41.6 Å². The molecule has 1 saturated carbocycles. The maximum atomic E-state index is 12.0. The van der Waals surface area contributed by atoms with Crippen molar-refractivity contribution in [3.8, 4) is 0 Å². The number of benzene rings is 1. The van der Waals surface area contributed by atoms with Crippen LogP contribution in [0.5, 0.6) is 0 Å². The highest BCUT2D eigenvalue weighted by Crippen LogP contribution is 2.18. The van der Waals surface area contributed by atoms with Gasteiger partial charge in [0.05, 0.1) is 6.10 Å². The first-order valence-electron chi connectivity index (χ1n) is 6.47. The topological polar surface area (TPSA) is 75.4 Å². The van der Waals surface area contributed by atoms with Gasteiger partial charge in [0.1, 0.15) is 0 Å². The third-order valence-electron chi connectivity index (χ3n) is 3.43. The second kappa shape index (κ2) is 5.98. The van der Waals surface area contributed by atoms with Crippen molar-refractivity contribution in [2.24, 2.45) is 5.73 Å². The Hall–Kier alpha value is -1.39. The number of aliphatic hydroxyl groups excluding tert-OH is 1. The minimum absolute atomic E-state index is 0.0716. The molecule has 0 saturated heterocycles.